The van der Waals surface area contributed by atoms with Crippen molar-refractivity contribution in [1.82, 2.24) is 15.1 Å². The van der Waals surface area contributed by atoms with Crippen LogP contribution in [-0.2, 0) is 0 Å². The fourth-order valence-electron chi connectivity index (χ4n) is 3.04. The number of anilines is 1. The predicted molar refractivity (Wildman–Crippen MR) is 95.7 cm³/mol. The average molecular weight is 345 g/mol. The van der Waals surface area contributed by atoms with Crippen LogP contribution in [0.5, 0.6) is 0 Å². The largest absolute Gasteiger partial charge is 0.361 e. The molecule has 2 aromatic rings. The normalized spacial score (nSPS) is 17.6. The molecule has 0 saturated carbocycles. The third kappa shape index (κ3) is 3.67. The van der Waals surface area contributed by atoms with Crippen molar-refractivity contribution in [3.05, 3.63) is 52.7 Å². The summed E-state index contributed by atoms with van der Waals surface area (Å²) in [6, 6.07) is 9.72. The van der Waals surface area contributed by atoms with Gasteiger partial charge in [0.2, 0.25) is 0 Å². The summed E-state index contributed by atoms with van der Waals surface area (Å²) in [5, 5.41) is 8.72. The summed E-state index contributed by atoms with van der Waals surface area (Å²) in [7, 11) is 3.77. The van der Waals surface area contributed by atoms with E-state index in [0.29, 0.717) is 17.3 Å². The quantitative estimate of drug-likeness (QED) is 0.857. The zero-order valence-corrected chi connectivity index (χ0v) is 14.7. The van der Waals surface area contributed by atoms with Crippen LogP contribution in [0.15, 0.2) is 36.5 Å². The Morgan fingerprint density at radius 3 is 2.75 bits per heavy atom. The van der Waals surface area contributed by atoms with Crippen molar-refractivity contribution in [2.75, 3.05) is 32.1 Å². The van der Waals surface area contributed by atoms with Crippen LogP contribution in [0.1, 0.15) is 34.7 Å². The van der Waals surface area contributed by atoms with Gasteiger partial charge in [0, 0.05) is 38.1 Å². The van der Waals surface area contributed by atoms with Crippen molar-refractivity contribution in [1.29, 1.82) is 0 Å². The monoisotopic (exact) mass is 344 g/mol. The summed E-state index contributed by atoms with van der Waals surface area (Å²) in [5.74, 6) is 1.06. The van der Waals surface area contributed by atoms with Gasteiger partial charge in [-0.2, -0.15) is 5.10 Å². The first-order valence-corrected chi connectivity index (χ1v) is 8.47. The van der Waals surface area contributed by atoms with E-state index in [0.717, 1.165) is 31.0 Å². The fourth-order valence-corrected chi connectivity index (χ4v) is 3.17. The molecule has 6 heteroatoms. The van der Waals surface area contributed by atoms with E-state index >= 15 is 0 Å². The van der Waals surface area contributed by atoms with Gasteiger partial charge in [-0.1, -0.05) is 23.7 Å². The molecular formula is C18H21ClN4O. The molecule has 2 heterocycles. The van der Waals surface area contributed by atoms with Crippen LogP contribution in [0.4, 0.5) is 5.82 Å². The van der Waals surface area contributed by atoms with Gasteiger partial charge in [0.25, 0.3) is 5.91 Å². The minimum atomic E-state index is 0.0201. The molecule has 1 amide bonds. The molecule has 0 aliphatic carbocycles. The molecule has 1 aromatic heterocycles. The lowest BCUT2D eigenvalue weighted by molar-refractivity contribution is 0.0706. The van der Waals surface area contributed by atoms with Gasteiger partial charge in [-0.15, -0.1) is 5.10 Å². The Labute approximate surface area is 147 Å². The lowest BCUT2D eigenvalue weighted by atomic mass is 9.90. The third-order valence-corrected chi connectivity index (χ3v) is 4.65. The molecule has 0 radical (unpaired) electrons. The first-order valence-electron chi connectivity index (χ1n) is 8.09. The summed E-state index contributed by atoms with van der Waals surface area (Å²) in [6.45, 7) is 1.50. The number of aromatic nitrogens is 2. The SMILES string of the molecule is CN(C)c1cc(C(=O)N2CCC[C@H](c3ccc(Cl)cc3)C2)cnn1. The summed E-state index contributed by atoms with van der Waals surface area (Å²) in [5.41, 5.74) is 1.82. The first-order chi connectivity index (χ1) is 11.5. The minimum absolute atomic E-state index is 0.0201. The number of carbonyl (C=O) groups is 1. The van der Waals surface area contributed by atoms with Crippen LogP contribution in [0.2, 0.25) is 5.02 Å². The maximum atomic E-state index is 12.8. The highest BCUT2D eigenvalue weighted by molar-refractivity contribution is 6.30. The lowest BCUT2D eigenvalue weighted by Gasteiger charge is -2.33. The number of piperidine rings is 1. The van der Waals surface area contributed by atoms with Crippen LogP contribution in [0.25, 0.3) is 0 Å². The number of amides is 1. The highest BCUT2D eigenvalue weighted by atomic mass is 35.5. The number of halogens is 1. The van der Waals surface area contributed by atoms with Gasteiger partial charge in [-0.05, 0) is 36.6 Å². The maximum absolute atomic E-state index is 12.8. The molecule has 1 aliphatic rings. The summed E-state index contributed by atoms with van der Waals surface area (Å²) < 4.78 is 0. The molecule has 1 saturated heterocycles. The Hall–Kier alpha value is -2.14. The molecule has 3 rings (SSSR count). The van der Waals surface area contributed by atoms with Crippen LogP contribution in [-0.4, -0.2) is 48.2 Å². The van der Waals surface area contributed by atoms with Crippen molar-refractivity contribution in [2.24, 2.45) is 0 Å². The summed E-state index contributed by atoms with van der Waals surface area (Å²) >= 11 is 5.97. The van der Waals surface area contributed by atoms with Crippen molar-refractivity contribution in [3.63, 3.8) is 0 Å². The number of likely N-dealkylation sites (tertiary alicyclic amines) is 1. The molecule has 24 heavy (non-hydrogen) atoms. The second-order valence-electron chi connectivity index (χ2n) is 6.34. The van der Waals surface area contributed by atoms with Crippen LogP contribution in [0.3, 0.4) is 0 Å². The van der Waals surface area contributed by atoms with Crippen LogP contribution in [0, 0.1) is 0 Å². The standard InChI is InChI=1S/C18H21ClN4O/c1-22(2)17-10-15(11-20-21-17)18(24)23-9-3-4-14(12-23)13-5-7-16(19)8-6-13/h5-8,10-11,14H,3-4,9,12H2,1-2H3/t14-/m0/s1. The van der Waals surface area contributed by atoms with E-state index in [9.17, 15) is 4.79 Å². The number of hydrogen-bond donors (Lipinski definition) is 0. The van der Waals surface area contributed by atoms with Gasteiger partial charge >= 0.3 is 0 Å². The number of hydrogen-bond acceptors (Lipinski definition) is 4. The van der Waals surface area contributed by atoms with Gasteiger partial charge in [-0.3, -0.25) is 4.79 Å². The number of nitrogens with zero attached hydrogens (tertiary/aromatic N) is 4. The van der Waals surface area contributed by atoms with Crippen LogP contribution < -0.4 is 4.90 Å². The van der Waals surface area contributed by atoms with E-state index < -0.39 is 0 Å². The topological polar surface area (TPSA) is 49.3 Å². The second kappa shape index (κ2) is 7.18. The fraction of sp³-hybridized carbons (Fsp3) is 0.389. The maximum Gasteiger partial charge on any atom is 0.255 e. The third-order valence-electron chi connectivity index (χ3n) is 4.40. The van der Waals surface area contributed by atoms with E-state index in [2.05, 4.69) is 22.3 Å². The Morgan fingerprint density at radius 1 is 1.29 bits per heavy atom. The molecule has 1 atom stereocenters. The minimum Gasteiger partial charge on any atom is -0.361 e. The number of benzene rings is 1. The van der Waals surface area contributed by atoms with Crippen molar-refractivity contribution >= 4 is 23.3 Å². The van der Waals surface area contributed by atoms with E-state index in [1.807, 2.05) is 36.0 Å². The summed E-state index contributed by atoms with van der Waals surface area (Å²) in [4.78, 5) is 16.6. The second-order valence-corrected chi connectivity index (χ2v) is 6.78. The van der Waals surface area contributed by atoms with Gasteiger partial charge in [0.1, 0.15) is 0 Å². The molecule has 1 fully saturated rings. The van der Waals surface area contributed by atoms with Crippen molar-refractivity contribution in [2.45, 2.75) is 18.8 Å². The van der Waals surface area contributed by atoms with Crippen molar-refractivity contribution < 1.29 is 4.79 Å². The van der Waals surface area contributed by atoms with E-state index in [1.54, 1.807) is 12.3 Å². The molecule has 0 spiro atoms. The van der Waals surface area contributed by atoms with E-state index in [-0.39, 0.29) is 5.91 Å². The van der Waals surface area contributed by atoms with Crippen molar-refractivity contribution in [3.8, 4) is 0 Å². The predicted octanol–water partition coefficient (Wildman–Crippen LogP) is 3.22. The van der Waals surface area contributed by atoms with Gasteiger partial charge in [0.15, 0.2) is 5.82 Å². The zero-order chi connectivity index (χ0) is 17.1. The highest BCUT2D eigenvalue weighted by Gasteiger charge is 2.26. The molecule has 0 bridgehead atoms. The smallest absolute Gasteiger partial charge is 0.255 e. The Balaban J connectivity index is 1.75. The Bertz CT molecular complexity index is 717. The molecule has 0 N–H and O–H groups in total. The van der Waals surface area contributed by atoms with E-state index in [4.69, 9.17) is 11.6 Å². The number of carbonyl (C=O) groups excluding carboxylic acids is 1. The molecule has 0 unspecified atom stereocenters. The molecule has 1 aliphatic heterocycles. The van der Waals surface area contributed by atoms with Gasteiger partial charge in [0.05, 0.1) is 11.8 Å². The highest BCUT2D eigenvalue weighted by Crippen LogP contribution is 2.28. The zero-order valence-electron chi connectivity index (χ0n) is 13.9. The molecular weight excluding hydrogens is 324 g/mol. The molecule has 126 valence electrons. The Kier molecular flexibility index (Phi) is 5.00. The van der Waals surface area contributed by atoms with Gasteiger partial charge < -0.3 is 9.80 Å². The Morgan fingerprint density at radius 2 is 2.04 bits per heavy atom. The van der Waals surface area contributed by atoms with E-state index in [1.165, 1.54) is 5.56 Å². The van der Waals surface area contributed by atoms with Crippen LogP contribution >= 0.6 is 11.6 Å². The molecule has 5 nitrogen and oxygen atoms in total. The first kappa shape index (κ1) is 16.7. The average Bonchev–Trinajstić information content (AvgIpc) is 2.62. The summed E-state index contributed by atoms with van der Waals surface area (Å²) in [6.07, 6.45) is 3.63. The lowest BCUT2D eigenvalue weighted by Crippen LogP contribution is -2.39. The molecule has 1 aromatic carbocycles. The van der Waals surface area contributed by atoms with Gasteiger partial charge in [-0.25, -0.2) is 0 Å². The number of rotatable bonds is 3.